The van der Waals surface area contributed by atoms with Crippen LogP contribution < -0.4 is 14.8 Å². The van der Waals surface area contributed by atoms with Crippen molar-refractivity contribution in [3.63, 3.8) is 0 Å². The van der Waals surface area contributed by atoms with Gasteiger partial charge in [-0.25, -0.2) is 9.67 Å². The molecule has 1 N–H and O–H groups in total. The minimum atomic E-state index is -0.291. The smallest absolute Gasteiger partial charge is 0.258 e. The van der Waals surface area contributed by atoms with Gasteiger partial charge in [0.05, 0.1) is 22.8 Å². The van der Waals surface area contributed by atoms with Crippen molar-refractivity contribution in [3.05, 3.63) is 41.5 Å². The lowest BCUT2D eigenvalue weighted by Crippen LogP contribution is -2.15. The van der Waals surface area contributed by atoms with Crippen molar-refractivity contribution in [2.45, 2.75) is 19.9 Å². The van der Waals surface area contributed by atoms with Crippen LogP contribution in [0.25, 0.3) is 22.3 Å². The Labute approximate surface area is 175 Å². The van der Waals surface area contributed by atoms with Crippen LogP contribution in [0.1, 0.15) is 30.2 Å². The second kappa shape index (κ2) is 7.38. The maximum atomic E-state index is 13.0. The third kappa shape index (κ3) is 3.24. The molecule has 0 unspecified atom stereocenters. The molecule has 10 heteroatoms. The molecule has 5 rings (SSSR count). The quantitative estimate of drug-likeness (QED) is 0.536. The summed E-state index contributed by atoms with van der Waals surface area (Å²) in [5.74, 6) is 1.08. The zero-order chi connectivity index (χ0) is 20.7. The van der Waals surface area contributed by atoms with E-state index in [0.29, 0.717) is 52.1 Å². The van der Waals surface area contributed by atoms with Gasteiger partial charge in [0, 0.05) is 11.6 Å². The van der Waals surface area contributed by atoms with Crippen LogP contribution in [0.2, 0.25) is 0 Å². The summed E-state index contributed by atoms with van der Waals surface area (Å²) >= 11 is 1.26. The number of carbonyl (C=O) groups excluding carboxylic acids is 1. The van der Waals surface area contributed by atoms with Crippen LogP contribution >= 0.6 is 11.3 Å². The van der Waals surface area contributed by atoms with Gasteiger partial charge in [-0.2, -0.15) is 5.10 Å². The normalized spacial score (nSPS) is 13.0. The summed E-state index contributed by atoms with van der Waals surface area (Å²) in [5, 5.41) is 16.0. The Bertz CT molecular complexity index is 1240. The number of hydrogen-bond acceptors (Lipinski definition) is 8. The Hall–Kier alpha value is -3.53. The Balaban J connectivity index is 1.65. The number of nitrogens with zero attached hydrogens (tertiary/aromatic N) is 5. The fourth-order valence-electron chi connectivity index (χ4n) is 3.33. The molecule has 1 amide bonds. The molecule has 9 nitrogen and oxygen atoms in total. The Kier molecular flexibility index (Phi) is 4.55. The van der Waals surface area contributed by atoms with Gasteiger partial charge in [0.15, 0.2) is 17.1 Å². The second-order valence-electron chi connectivity index (χ2n) is 7.03. The van der Waals surface area contributed by atoms with Gasteiger partial charge in [0.25, 0.3) is 5.91 Å². The molecular weight excluding hydrogens is 404 g/mol. The highest BCUT2D eigenvalue weighted by molar-refractivity contribution is 7.13. The highest BCUT2D eigenvalue weighted by Crippen LogP contribution is 2.35. The molecule has 30 heavy (non-hydrogen) atoms. The minimum Gasteiger partial charge on any atom is -0.486 e. The first kappa shape index (κ1) is 18.5. The first-order valence-electron chi connectivity index (χ1n) is 9.46. The van der Waals surface area contributed by atoms with E-state index in [4.69, 9.17) is 14.5 Å². The molecule has 1 aromatic carbocycles. The van der Waals surface area contributed by atoms with E-state index in [1.165, 1.54) is 11.3 Å². The second-order valence-corrected chi connectivity index (χ2v) is 7.86. The van der Waals surface area contributed by atoms with Crippen molar-refractivity contribution in [2.24, 2.45) is 0 Å². The third-order valence-electron chi connectivity index (χ3n) is 4.72. The lowest BCUT2D eigenvalue weighted by atomic mass is 10.1. The number of hydrogen-bond donors (Lipinski definition) is 1. The van der Waals surface area contributed by atoms with E-state index in [1.807, 2.05) is 32.0 Å². The Morgan fingerprint density at radius 1 is 1.20 bits per heavy atom. The highest BCUT2D eigenvalue weighted by atomic mass is 32.1. The molecule has 4 heterocycles. The van der Waals surface area contributed by atoms with Gasteiger partial charge in [-0.1, -0.05) is 11.3 Å². The zero-order valence-corrected chi connectivity index (χ0v) is 17.1. The van der Waals surface area contributed by atoms with Crippen molar-refractivity contribution < 1.29 is 14.3 Å². The number of pyridine rings is 1. The number of rotatable bonds is 4. The average molecular weight is 422 g/mol. The molecular formula is C20H18N6O3S. The van der Waals surface area contributed by atoms with Gasteiger partial charge < -0.3 is 9.47 Å². The van der Waals surface area contributed by atoms with Gasteiger partial charge in [-0.3, -0.25) is 10.1 Å². The number of carbonyl (C=O) groups is 1. The number of fused-ring (bicyclic) bond motifs is 2. The monoisotopic (exact) mass is 422 g/mol. The van der Waals surface area contributed by atoms with Crippen LogP contribution in [-0.2, 0) is 0 Å². The number of benzene rings is 1. The molecule has 0 saturated heterocycles. The molecule has 152 valence electrons. The number of aromatic nitrogens is 5. The predicted molar refractivity (Wildman–Crippen MR) is 112 cm³/mol. The number of anilines is 1. The van der Waals surface area contributed by atoms with E-state index >= 15 is 0 Å². The molecule has 0 spiro atoms. The van der Waals surface area contributed by atoms with Crippen molar-refractivity contribution in [1.82, 2.24) is 25.0 Å². The summed E-state index contributed by atoms with van der Waals surface area (Å²) in [5.41, 5.74) is 4.13. The third-order valence-corrected chi connectivity index (χ3v) is 5.33. The summed E-state index contributed by atoms with van der Waals surface area (Å²) in [6, 6.07) is 7.49. The van der Waals surface area contributed by atoms with Crippen LogP contribution in [0, 0.1) is 0 Å². The SMILES string of the molecule is CC(C)n1ncc2c(C(=O)Nc3nncs3)cc(-c3ccc4c(c3)OCCO4)nc21. The van der Waals surface area contributed by atoms with E-state index in [1.54, 1.807) is 22.5 Å². The maximum absolute atomic E-state index is 13.0. The van der Waals surface area contributed by atoms with Gasteiger partial charge in [-0.05, 0) is 38.1 Å². The summed E-state index contributed by atoms with van der Waals surface area (Å²) in [6.07, 6.45) is 1.67. The van der Waals surface area contributed by atoms with Gasteiger partial charge in [0.2, 0.25) is 5.13 Å². The maximum Gasteiger partial charge on any atom is 0.258 e. The van der Waals surface area contributed by atoms with E-state index in [9.17, 15) is 4.79 Å². The van der Waals surface area contributed by atoms with Gasteiger partial charge >= 0.3 is 0 Å². The minimum absolute atomic E-state index is 0.0876. The summed E-state index contributed by atoms with van der Waals surface area (Å²) in [6.45, 7) is 5.07. The fourth-order valence-corrected chi connectivity index (χ4v) is 3.77. The molecule has 0 bridgehead atoms. The summed E-state index contributed by atoms with van der Waals surface area (Å²) in [7, 11) is 0. The largest absolute Gasteiger partial charge is 0.486 e. The predicted octanol–water partition coefficient (Wildman–Crippen LogP) is 3.55. The first-order chi connectivity index (χ1) is 14.6. The average Bonchev–Trinajstić information content (AvgIpc) is 3.42. The van der Waals surface area contributed by atoms with Crippen molar-refractivity contribution in [2.75, 3.05) is 18.5 Å². The first-order valence-corrected chi connectivity index (χ1v) is 10.3. The molecule has 4 aromatic rings. The van der Waals surface area contributed by atoms with Crippen LogP contribution in [0.15, 0.2) is 36.0 Å². The van der Waals surface area contributed by atoms with Crippen LogP contribution in [-0.4, -0.2) is 44.1 Å². The van der Waals surface area contributed by atoms with E-state index < -0.39 is 0 Å². The molecule has 0 atom stereocenters. The number of amides is 1. The highest BCUT2D eigenvalue weighted by Gasteiger charge is 2.20. The van der Waals surface area contributed by atoms with Crippen molar-refractivity contribution in [3.8, 4) is 22.8 Å². The standard InChI is InChI=1S/C20H18N6O3S/c1-11(2)26-18-14(9-22-26)13(19(27)24-20-25-21-10-30-20)8-15(23-18)12-3-4-16-17(7-12)29-6-5-28-16/h3-4,7-11H,5-6H2,1-2H3,(H,24,25,27). The van der Waals surface area contributed by atoms with Gasteiger partial charge in [0.1, 0.15) is 18.7 Å². The number of ether oxygens (including phenoxy) is 2. The van der Waals surface area contributed by atoms with Crippen LogP contribution in [0.4, 0.5) is 5.13 Å². The zero-order valence-electron chi connectivity index (χ0n) is 16.3. The molecule has 1 aliphatic rings. The molecule has 1 aliphatic heterocycles. The van der Waals surface area contributed by atoms with Crippen molar-refractivity contribution in [1.29, 1.82) is 0 Å². The molecule has 3 aromatic heterocycles. The molecule has 0 radical (unpaired) electrons. The van der Waals surface area contributed by atoms with Gasteiger partial charge in [-0.15, -0.1) is 10.2 Å². The topological polar surface area (TPSA) is 104 Å². The summed E-state index contributed by atoms with van der Waals surface area (Å²) in [4.78, 5) is 17.9. The molecule has 0 aliphatic carbocycles. The van der Waals surface area contributed by atoms with Crippen LogP contribution in [0.5, 0.6) is 11.5 Å². The van der Waals surface area contributed by atoms with E-state index in [2.05, 4.69) is 20.6 Å². The van der Waals surface area contributed by atoms with Crippen LogP contribution in [0.3, 0.4) is 0 Å². The fraction of sp³-hybridized carbons (Fsp3) is 0.250. The lowest BCUT2D eigenvalue weighted by Gasteiger charge is -2.19. The summed E-state index contributed by atoms with van der Waals surface area (Å²) < 4.78 is 13.1. The number of nitrogens with one attached hydrogen (secondary N) is 1. The van der Waals surface area contributed by atoms with E-state index in [-0.39, 0.29) is 11.9 Å². The molecule has 0 saturated carbocycles. The van der Waals surface area contributed by atoms with E-state index in [0.717, 1.165) is 5.56 Å². The lowest BCUT2D eigenvalue weighted by molar-refractivity contribution is 0.102. The Morgan fingerprint density at radius 3 is 2.80 bits per heavy atom. The Morgan fingerprint density at radius 2 is 2.03 bits per heavy atom. The molecule has 0 fully saturated rings. The van der Waals surface area contributed by atoms with Crippen molar-refractivity contribution >= 4 is 33.4 Å².